The molecule has 0 aliphatic heterocycles. The Hall–Kier alpha value is -2.41. The number of carbonyl (C=O) groups excluding carboxylic acids is 1. The Labute approximate surface area is 119 Å². The van der Waals surface area contributed by atoms with Crippen molar-refractivity contribution in [2.24, 2.45) is 0 Å². The molecule has 1 heterocycles. The van der Waals surface area contributed by atoms with E-state index in [1.807, 2.05) is 6.07 Å². The molecular weight excluding hydrogens is 278 g/mol. The molecule has 0 atom stereocenters. The van der Waals surface area contributed by atoms with E-state index in [4.69, 9.17) is 5.11 Å². The fourth-order valence-electron chi connectivity index (χ4n) is 1.60. The van der Waals surface area contributed by atoms with Crippen molar-refractivity contribution in [3.05, 3.63) is 41.4 Å². The Bertz CT molecular complexity index is 599. The minimum Gasteiger partial charge on any atom is -0.481 e. The van der Waals surface area contributed by atoms with E-state index in [0.29, 0.717) is 17.2 Å². The number of nitrogens with one attached hydrogen (secondary N) is 2. The molecule has 7 heteroatoms. The number of aliphatic carboxylic acids is 1. The number of hydrogen-bond acceptors (Lipinski definition) is 4. The highest BCUT2D eigenvalue weighted by Crippen LogP contribution is 2.14. The van der Waals surface area contributed by atoms with Crippen molar-refractivity contribution in [2.75, 3.05) is 10.6 Å². The fraction of sp³-hybridized carbons (Fsp3) is 0.154. The van der Waals surface area contributed by atoms with Gasteiger partial charge >= 0.3 is 12.0 Å². The normalized spacial score (nSPS) is 10.0. The lowest BCUT2D eigenvalue weighted by molar-refractivity contribution is -0.136. The quantitative estimate of drug-likeness (QED) is 0.790. The molecule has 0 bridgehead atoms. The van der Waals surface area contributed by atoms with E-state index in [-0.39, 0.29) is 12.5 Å². The Kier molecular flexibility index (Phi) is 4.67. The number of nitrogens with zero attached hydrogens (tertiary/aromatic N) is 1. The molecule has 0 aliphatic carbocycles. The molecule has 1 aromatic carbocycles. The van der Waals surface area contributed by atoms with Gasteiger partial charge in [0.15, 0.2) is 5.13 Å². The van der Waals surface area contributed by atoms with Gasteiger partial charge in [-0.1, -0.05) is 12.1 Å². The number of rotatable bonds is 5. The van der Waals surface area contributed by atoms with E-state index < -0.39 is 5.97 Å². The fourth-order valence-corrected chi connectivity index (χ4v) is 2.12. The van der Waals surface area contributed by atoms with Crippen molar-refractivity contribution < 1.29 is 14.7 Å². The first-order valence-corrected chi connectivity index (χ1v) is 6.79. The summed E-state index contributed by atoms with van der Waals surface area (Å²) in [4.78, 5) is 26.2. The zero-order chi connectivity index (χ0) is 14.4. The smallest absolute Gasteiger partial charge is 0.325 e. The number of aryl methyl sites for hydroxylation is 1. The molecule has 0 saturated heterocycles. The molecule has 104 valence electrons. The predicted molar refractivity (Wildman–Crippen MR) is 77.2 cm³/mol. The Morgan fingerprint density at radius 3 is 2.85 bits per heavy atom. The molecule has 2 amide bonds. The zero-order valence-corrected chi connectivity index (χ0v) is 11.3. The standard InChI is InChI=1S/C13H13N3O3S/c17-11(18)5-4-9-2-1-3-10(8-9)15-12(19)16-13-14-6-7-20-13/h1-3,6-8H,4-5H2,(H,17,18)(H2,14,15,16,19). The van der Waals surface area contributed by atoms with Crippen LogP contribution < -0.4 is 10.6 Å². The first kappa shape index (κ1) is 14.0. The van der Waals surface area contributed by atoms with Gasteiger partial charge in [-0.05, 0) is 24.1 Å². The number of anilines is 2. The van der Waals surface area contributed by atoms with Crippen LogP contribution in [0.15, 0.2) is 35.8 Å². The summed E-state index contributed by atoms with van der Waals surface area (Å²) in [6.45, 7) is 0. The molecule has 3 N–H and O–H groups in total. The average molecular weight is 291 g/mol. The van der Waals surface area contributed by atoms with Crippen molar-refractivity contribution >= 4 is 34.2 Å². The van der Waals surface area contributed by atoms with E-state index in [2.05, 4.69) is 15.6 Å². The first-order chi connectivity index (χ1) is 9.63. The molecule has 0 radical (unpaired) electrons. The van der Waals surface area contributed by atoms with Gasteiger partial charge in [0, 0.05) is 23.7 Å². The van der Waals surface area contributed by atoms with E-state index in [0.717, 1.165) is 5.56 Å². The lowest BCUT2D eigenvalue weighted by Crippen LogP contribution is -2.19. The number of carboxylic acids is 1. The molecule has 2 rings (SSSR count). The number of benzene rings is 1. The number of amides is 2. The Morgan fingerprint density at radius 1 is 1.30 bits per heavy atom. The lowest BCUT2D eigenvalue weighted by Gasteiger charge is -2.07. The van der Waals surface area contributed by atoms with Crippen molar-refractivity contribution in [2.45, 2.75) is 12.8 Å². The lowest BCUT2D eigenvalue weighted by atomic mass is 10.1. The van der Waals surface area contributed by atoms with Crippen LogP contribution in [-0.2, 0) is 11.2 Å². The molecule has 0 spiro atoms. The second kappa shape index (κ2) is 6.67. The van der Waals surface area contributed by atoms with E-state index in [1.54, 1.807) is 29.8 Å². The van der Waals surface area contributed by atoms with Gasteiger partial charge in [0.2, 0.25) is 0 Å². The van der Waals surface area contributed by atoms with Gasteiger partial charge in [0.25, 0.3) is 0 Å². The zero-order valence-electron chi connectivity index (χ0n) is 10.5. The third kappa shape index (κ3) is 4.36. The van der Waals surface area contributed by atoms with E-state index in [1.165, 1.54) is 11.3 Å². The molecule has 20 heavy (non-hydrogen) atoms. The maximum absolute atomic E-state index is 11.7. The van der Waals surface area contributed by atoms with Crippen LogP contribution in [0.4, 0.5) is 15.6 Å². The minimum atomic E-state index is -0.843. The van der Waals surface area contributed by atoms with E-state index >= 15 is 0 Å². The monoisotopic (exact) mass is 291 g/mol. The summed E-state index contributed by atoms with van der Waals surface area (Å²) in [5.41, 5.74) is 1.47. The Morgan fingerprint density at radius 2 is 2.15 bits per heavy atom. The minimum absolute atomic E-state index is 0.0643. The number of hydrogen-bond donors (Lipinski definition) is 3. The van der Waals surface area contributed by atoms with Crippen LogP contribution >= 0.6 is 11.3 Å². The summed E-state index contributed by atoms with van der Waals surface area (Å²) in [6.07, 6.45) is 2.10. The summed E-state index contributed by atoms with van der Waals surface area (Å²) in [5, 5.41) is 16.2. The van der Waals surface area contributed by atoms with Gasteiger partial charge < -0.3 is 10.4 Å². The second-order valence-electron chi connectivity index (χ2n) is 4.01. The average Bonchev–Trinajstić information content (AvgIpc) is 2.89. The van der Waals surface area contributed by atoms with Crippen LogP contribution in [0.2, 0.25) is 0 Å². The first-order valence-electron chi connectivity index (χ1n) is 5.92. The molecular formula is C13H13N3O3S. The van der Waals surface area contributed by atoms with Crippen molar-refractivity contribution in [1.82, 2.24) is 4.98 Å². The second-order valence-corrected chi connectivity index (χ2v) is 4.91. The summed E-state index contributed by atoms with van der Waals surface area (Å²) >= 11 is 1.33. The van der Waals surface area contributed by atoms with Crippen LogP contribution in [0.25, 0.3) is 0 Å². The third-order valence-corrected chi connectivity index (χ3v) is 3.15. The summed E-state index contributed by atoms with van der Waals surface area (Å²) in [6, 6.07) is 6.72. The molecule has 0 fully saturated rings. The molecule has 1 aromatic heterocycles. The van der Waals surface area contributed by atoms with Gasteiger partial charge in [-0.25, -0.2) is 9.78 Å². The highest BCUT2D eigenvalue weighted by molar-refractivity contribution is 7.13. The van der Waals surface area contributed by atoms with Gasteiger partial charge in [0.05, 0.1) is 0 Å². The highest BCUT2D eigenvalue weighted by Gasteiger charge is 2.05. The van der Waals surface area contributed by atoms with Crippen molar-refractivity contribution in [3.8, 4) is 0 Å². The topological polar surface area (TPSA) is 91.3 Å². The maximum Gasteiger partial charge on any atom is 0.325 e. The number of carbonyl (C=O) groups is 2. The number of thiazole rings is 1. The predicted octanol–water partition coefficient (Wildman–Crippen LogP) is 2.80. The largest absolute Gasteiger partial charge is 0.481 e. The summed E-state index contributed by atoms with van der Waals surface area (Å²) < 4.78 is 0. The van der Waals surface area contributed by atoms with Crippen molar-refractivity contribution in [3.63, 3.8) is 0 Å². The molecule has 6 nitrogen and oxygen atoms in total. The number of carboxylic acid groups (broad SMARTS) is 1. The molecule has 0 aliphatic rings. The highest BCUT2D eigenvalue weighted by atomic mass is 32.1. The van der Waals surface area contributed by atoms with Gasteiger partial charge in [-0.15, -0.1) is 11.3 Å². The molecule has 2 aromatic rings. The number of urea groups is 1. The Balaban J connectivity index is 1.93. The van der Waals surface area contributed by atoms with Crippen LogP contribution in [0.1, 0.15) is 12.0 Å². The van der Waals surface area contributed by atoms with Crippen LogP contribution in [0, 0.1) is 0 Å². The van der Waals surface area contributed by atoms with Crippen molar-refractivity contribution in [1.29, 1.82) is 0 Å². The van der Waals surface area contributed by atoms with Gasteiger partial charge in [-0.3, -0.25) is 10.1 Å². The molecule has 0 unspecified atom stereocenters. The van der Waals surface area contributed by atoms with Crippen LogP contribution in [0.3, 0.4) is 0 Å². The summed E-state index contributed by atoms with van der Waals surface area (Å²) in [7, 11) is 0. The third-order valence-electron chi connectivity index (χ3n) is 2.47. The van der Waals surface area contributed by atoms with E-state index in [9.17, 15) is 9.59 Å². The summed E-state index contributed by atoms with van der Waals surface area (Å²) in [5.74, 6) is -0.843. The molecule has 0 saturated carbocycles. The van der Waals surface area contributed by atoms with Gasteiger partial charge in [-0.2, -0.15) is 0 Å². The SMILES string of the molecule is O=C(O)CCc1cccc(NC(=O)Nc2nccs2)c1. The van der Waals surface area contributed by atoms with Crippen LogP contribution in [0.5, 0.6) is 0 Å². The number of aromatic nitrogens is 1. The van der Waals surface area contributed by atoms with Gasteiger partial charge in [0.1, 0.15) is 0 Å². The maximum atomic E-state index is 11.7. The van der Waals surface area contributed by atoms with Crippen LogP contribution in [-0.4, -0.2) is 22.1 Å².